The number of ketones is 1. The van der Waals surface area contributed by atoms with Crippen molar-refractivity contribution in [3.05, 3.63) is 64.6 Å². The lowest BCUT2D eigenvalue weighted by molar-refractivity contribution is 0.104. The van der Waals surface area contributed by atoms with Gasteiger partial charge in [-0.2, -0.15) is 0 Å². The van der Waals surface area contributed by atoms with Crippen molar-refractivity contribution in [2.75, 3.05) is 5.73 Å². The SMILES string of the molecule is Nc1cc(F)ccc1C(=O)c1c[nH]c2ccc(Cl)cc12. The van der Waals surface area contributed by atoms with E-state index in [-0.39, 0.29) is 17.0 Å². The molecule has 3 rings (SSSR count). The Kier molecular flexibility index (Phi) is 2.95. The van der Waals surface area contributed by atoms with E-state index in [4.69, 9.17) is 17.3 Å². The zero-order valence-corrected chi connectivity index (χ0v) is 11.0. The molecule has 100 valence electrons. The lowest BCUT2D eigenvalue weighted by atomic mass is 10.0. The molecule has 0 aliphatic rings. The molecule has 0 fully saturated rings. The maximum atomic E-state index is 13.0. The molecule has 3 nitrogen and oxygen atoms in total. The lowest BCUT2D eigenvalue weighted by Crippen LogP contribution is -2.05. The fourth-order valence-electron chi connectivity index (χ4n) is 2.17. The number of rotatable bonds is 2. The summed E-state index contributed by atoms with van der Waals surface area (Å²) in [6.07, 6.45) is 1.60. The van der Waals surface area contributed by atoms with Crippen LogP contribution in [0.25, 0.3) is 10.9 Å². The maximum absolute atomic E-state index is 13.0. The van der Waals surface area contributed by atoms with Crippen LogP contribution in [0.2, 0.25) is 5.02 Å². The first-order valence-electron chi connectivity index (χ1n) is 5.92. The first kappa shape index (κ1) is 12.7. The number of aromatic nitrogens is 1. The molecule has 0 atom stereocenters. The summed E-state index contributed by atoms with van der Waals surface area (Å²) in [5, 5.41) is 1.25. The molecule has 0 radical (unpaired) electrons. The summed E-state index contributed by atoms with van der Waals surface area (Å²) in [4.78, 5) is 15.5. The van der Waals surface area contributed by atoms with E-state index in [0.717, 1.165) is 11.6 Å². The number of nitrogen functional groups attached to an aromatic ring is 1. The second-order valence-corrected chi connectivity index (χ2v) is 4.89. The third kappa shape index (κ3) is 2.04. The zero-order chi connectivity index (χ0) is 14.3. The predicted molar refractivity (Wildman–Crippen MR) is 77.6 cm³/mol. The van der Waals surface area contributed by atoms with Crippen molar-refractivity contribution in [1.82, 2.24) is 4.98 Å². The highest BCUT2D eigenvalue weighted by atomic mass is 35.5. The standard InChI is InChI=1S/C15H10ClFN2O/c16-8-1-4-14-11(5-8)12(7-19-14)15(20)10-3-2-9(17)6-13(10)18/h1-7,19H,18H2. The summed E-state index contributed by atoms with van der Waals surface area (Å²) in [6, 6.07) is 8.97. The highest BCUT2D eigenvalue weighted by Crippen LogP contribution is 2.26. The Balaban J connectivity index is 2.15. The van der Waals surface area contributed by atoms with Gasteiger partial charge in [0.05, 0.1) is 0 Å². The van der Waals surface area contributed by atoms with Crippen LogP contribution in [0.4, 0.5) is 10.1 Å². The van der Waals surface area contributed by atoms with Crippen LogP contribution < -0.4 is 5.73 Å². The molecular formula is C15H10ClFN2O. The minimum absolute atomic E-state index is 0.117. The molecule has 0 saturated heterocycles. The molecule has 3 N–H and O–H groups in total. The number of carbonyl (C=O) groups is 1. The van der Waals surface area contributed by atoms with Crippen molar-refractivity contribution in [3.63, 3.8) is 0 Å². The van der Waals surface area contributed by atoms with Gasteiger partial charge in [-0.25, -0.2) is 4.39 Å². The highest BCUT2D eigenvalue weighted by molar-refractivity contribution is 6.31. The van der Waals surface area contributed by atoms with Crippen molar-refractivity contribution >= 4 is 34.0 Å². The fourth-order valence-corrected chi connectivity index (χ4v) is 2.34. The largest absolute Gasteiger partial charge is 0.398 e. The number of nitrogens with two attached hydrogens (primary N) is 1. The van der Waals surface area contributed by atoms with Crippen molar-refractivity contribution in [2.45, 2.75) is 0 Å². The minimum atomic E-state index is -0.471. The van der Waals surface area contributed by atoms with Crippen LogP contribution in [0.1, 0.15) is 15.9 Å². The number of benzene rings is 2. The van der Waals surface area contributed by atoms with Gasteiger partial charge >= 0.3 is 0 Å². The van der Waals surface area contributed by atoms with Gasteiger partial charge in [0.1, 0.15) is 5.82 Å². The average Bonchev–Trinajstić information content (AvgIpc) is 2.81. The number of nitrogens with one attached hydrogen (secondary N) is 1. The monoisotopic (exact) mass is 288 g/mol. The van der Waals surface area contributed by atoms with E-state index >= 15 is 0 Å². The van der Waals surface area contributed by atoms with E-state index in [2.05, 4.69) is 4.98 Å². The van der Waals surface area contributed by atoms with Gasteiger partial charge in [-0.05, 0) is 36.4 Å². The van der Waals surface area contributed by atoms with Crippen LogP contribution in [0.15, 0.2) is 42.6 Å². The molecule has 2 aromatic carbocycles. The summed E-state index contributed by atoms with van der Waals surface area (Å²) in [5.74, 6) is -0.739. The topological polar surface area (TPSA) is 58.9 Å². The fraction of sp³-hybridized carbons (Fsp3) is 0. The van der Waals surface area contributed by atoms with Crippen molar-refractivity contribution < 1.29 is 9.18 Å². The number of fused-ring (bicyclic) bond motifs is 1. The minimum Gasteiger partial charge on any atom is -0.398 e. The first-order valence-corrected chi connectivity index (χ1v) is 6.30. The second-order valence-electron chi connectivity index (χ2n) is 4.45. The Morgan fingerprint density at radius 2 is 1.95 bits per heavy atom. The molecule has 1 aromatic heterocycles. The van der Waals surface area contributed by atoms with Gasteiger partial charge in [-0.1, -0.05) is 11.6 Å². The summed E-state index contributed by atoms with van der Waals surface area (Å²) in [6.45, 7) is 0. The number of halogens is 2. The van der Waals surface area contributed by atoms with Gasteiger partial charge in [0.25, 0.3) is 0 Å². The van der Waals surface area contributed by atoms with Gasteiger partial charge in [0.15, 0.2) is 5.78 Å². The first-order chi connectivity index (χ1) is 9.56. The van der Waals surface area contributed by atoms with Crippen molar-refractivity contribution in [1.29, 1.82) is 0 Å². The second kappa shape index (κ2) is 4.65. The van der Waals surface area contributed by atoms with Crippen LogP contribution in [0, 0.1) is 5.82 Å². The highest BCUT2D eigenvalue weighted by Gasteiger charge is 2.17. The Hall–Kier alpha value is -2.33. The van der Waals surface area contributed by atoms with E-state index in [9.17, 15) is 9.18 Å². The molecule has 0 spiro atoms. The van der Waals surface area contributed by atoms with Gasteiger partial charge in [0.2, 0.25) is 0 Å². The Morgan fingerprint density at radius 3 is 2.70 bits per heavy atom. The number of anilines is 1. The zero-order valence-electron chi connectivity index (χ0n) is 10.3. The van der Waals surface area contributed by atoms with Gasteiger partial charge in [0, 0.05) is 38.9 Å². The van der Waals surface area contributed by atoms with Crippen molar-refractivity contribution in [3.8, 4) is 0 Å². The predicted octanol–water partition coefficient (Wildman–Crippen LogP) is 3.77. The molecule has 3 aromatic rings. The van der Waals surface area contributed by atoms with E-state index in [0.29, 0.717) is 16.0 Å². The van der Waals surface area contributed by atoms with Gasteiger partial charge in [-0.3, -0.25) is 4.79 Å². The molecule has 0 unspecified atom stereocenters. The lowest BCUT2D eigenvalue weighted by Gasteiger charge is -2.04. The third-order valence-electron chi connectivity index (χ3n) is 3.15. The number of carbonyl (C=O) groups excluding carboxylic acids is 1. The van der Waals surface area contributed by atoms with Crippen LogP contribution in [0.3, 0.4) is 0 Å². The van der Waals surface area contributed by atoms with Crippen LogP contribution in [-0.2, 0) is 0 Å². The normalized spacial score (nSPS) is 10.9. The molecule has 20 heavy (non-hydrogen) atoms. The third-order valence-corrected chi connectivity index (χ3v) is 3.38. The Morgan fingerprint density at radius 1 is 1.15 bits per heavy atom. The summed E-state index contributed by atoms with van der Waals surface area (Å²) in [7, 11) is 0. The Bertz CT molecular complexity index is 826. The molecule has 0 aliphatic heterocycles. The number of H-pyrrole nitrogens is 1. The molecule has 5 heteroatoms. The van der Waals surface area contributed by atoms with Gasteiger partial charge in [-0.15, -0.1) is 0 Å². The van der Waals surface area contributed by atoms with Crippen LogP contribution in [-0.4, -0.2) is 10.8 Å². The number of hydrogen-bond donors (Lipinski definition) is 2. The molecule has 0 aliphatic carbocycles. The van der Waals surface area contributed by atoms with E-state index in [1.807, 2.05) is 0 Å². The van der Waals surface area contributed by atoms with E-state index < -0.39 is 5.82 Å². The van der Waals surface area contributed by atoms with E-state index in [1.165, 1.54) is 12.1 Å². The smallest absolute Gasteiger partial charge is 0.197 e. The Labute approximate surface area is 119 Å². The number of hydrogen-bond acceptors (Lipinski definition) is 2. The molecule has 0 saturated carbocycles. The van der Waals surface area contributed by atoms with Crippen molar-refractivity contribution in [2.24, 2.45) is 0 Å². The van der Waals surface area contributed by atoms with Crippen LogP contribution >= 0.6 is 11.6 Å². The number of aromatic amines is 1. The van der Waals surface area contributed by atoms with Crippen LogP contribution in [0.5, 0.6) is 0 Å². The molecule has 0 bridgehead atoms. The average molecular weight is 289 g/mol. The molecule has 0 amide bonds. The molecular weight excluding hydrogens is 279 g/mol. The quantitative estimate of drug-likeness (QED) is 0.557. The molecule has 1 heterocycles. The summed E-state index contributed by atoms with van der Waals surface area (Å²) >= 11 is 5.95. The maximum Gasteiger partial charge on any atom is 0.197 e. The van der Waals surface area contributed by atoms with E-state index in [1.54, 1.807) is 24.4 Å². The van der Waals surface area contributed by atoms with Gasteiger partial charge < -0.3 is 10.7 Å². The summed E-state index contributed by atoms with van der Waals surface area (Å²) < 4.78 is 13.0. The summed E-state index contributed by atoms with van der Waals surface area (Å²) in [5.41, 5.74) is 7.36.